The average Bonchev–Trinajstić information content (AvgIpc) is 2.77. The summed E-state index contributed by atoms with van der Waals surface area (Å²) in [6.07, 6.45) is 1.48. The van der Waals surface area contributed by atoms with Gasteiger partial charge in [0.15, 0.2) is 0 Å². The van der Waals surface area contributed by atoms with Gasteiger partial charge in [-0.25, -0.2) is 15.0 Å². The maximum atomic E-state index is 12.7. The molecule has 0 bridgehead atoms. The molecular formula is C23H30N4O6. The Morgan fingerprint density at radius 2 is 1.73 bits per heavy atom. The van der Waals surface area contributed by atoms with Gasteiger partial charge in [-0.15, -0.1) is 0 Å². The smallest absolute Gasteiger partial charge is 0.421 e. The van der Waals surface area contributed by atoms with Crippen LogP contribution in [0.4, 0.5) is 9.59 Å². The zero-order valence-electron chi connectivity index (χ0n) is 19.2. The lowest BCUT2D eigenvalue weighted by molar-refractivity contribution is -0.146. The molecule has 0 radical (unpaired) electrons. The molecule has 0 aliphatic carbocycles. The fourth-order valence-electron chi connectivity index (χ4n) is 2.76. The molecule has 1 aromatic heterocycles. The van der Waals surface area contributed by atoms with Crippen LogP contribution < -0.4 is 16.2 Å². The van der Waals surface area contributed by atoms with E-state index in [1.807, 2.05) is 30.3 Å². The molecule has 10 heteroatoms. The lowest BCUT2D eigenvalue weighted by Crippen LogP contribution is -2.55. The second-order valence-corrected chi connectivity index (χ2v) is 7.97. The van der Waals surface area contributed by atoms with Crippen molar-refractivity contribution in [2.45, 2.75) is 52.0 Å². The van der Waals surface area contributed by atoms with Crippen molar-refractivity contribution in [3.8, 4) is 0 Å². The van der Waals surface area contributed by atoms with Crippen LogP contribution in [-0.2, 0) is 25.6 Å². The number of hydrogen-bond acceptors (Lipinski definition) is 8. The highest BCUT2D eigenvalue weighted by Gasteiger charge is 2.34. The van der Waals surface area contributed by atoms with Crippen molar-refractivity contribution in [1.82, 2.24) is 21.2 Å². The summed E-state index contributed by atoms with van der Waals surface area (Å²) in [4.78, 5) is 41.5. The summed E-state index contributed by atoms with van der Waals surface area (Å²) in [6.45, 7) is 6.95. The molecule has 0 fully saturated rings. The minimum Gasteiger partial charge on any atom is -0.465 e. The molecule has 178 valence electrons. The zero-order chi connectivity index (χ0) is 24.3. The Bertz CT molecular complexity index is 902. The van der Waals surface area contributed by atoms with Gasteiger partial charge in [0.1, 0.15) is 18.2 Å². The van der Waals surface area contributed by atoms with Crippen LogP contribution in [-0.4, -0.2) is 41.4 Å². The molecule has 33 heavy (non-hydrogen) atoms. The van der Waals surface area contributed by atoms with Crippen molar-refractivity contribution >= 4 is 18.2 Å². The van der Waals surface area contributed by atoms with Crippen molar-refractivity contribution in [1.29, 1.82) is 0 Å². The van der Waals surface area contributed by atoms with Gasteiger partial charge in [-0.2, -0.15) is 0 Å². The maximum Gasteiger partial charge on any atom is 0.421 e. The minimum absolute atomic E-state index is 0.0423. The largest absolute Gasteiger partial charge is 0.465 e. The number of rotatable bonds is 9. The fraction of sp³-hybridized carbons (Fsp3) is 0.391. The SMILES string of the molecule is CCOC(=O)C(NNC(=O)OCc1ccccc1)C(NC(=O)OC(C)(C)C)c1cccnc1. The summed E-state index contributed by atoms with van der Waals surface area (Å²) in [7, 11) is 0. The topological polar surface area (TPSA) is 128 Å². The first kappa shape index (κ1) is 25.6. The Morgan fingerprint density at radius 3 is 2.33 bits per heavy atom. The van der Waals surface area contributed by atoms with Crippen LogP contribution in [0.2, 0.25) is 0 Å². The number of hydrogen-bond donors (Lipinski definition) is 3. The van der Waals surface area contributed by atoms with Gasteiger partial charge in [0.25, 0.3) is 0 Å². The molecule has 2 unspecified atom stereocenters. The number of hydrazine groups is 1. The van der Waals surface area contributed by atoms with Crippen molar-refractivity contribution in [2.75, 3.05) is 6.61 Å². The van der Waals surface area contributed by atoms with Crippen molar-refractivity contribution in [3.63, 3.8) is 0 Å². The zero-order valence-corrected chi connectivity index (χ0v) is 19.2. The third kappa shape index (κ3) is 9.16. The van der Waals surface area contributed by atoms with Gasteiger partial charge in [-0.1, -0.05) is 36.4 Å². The van der Waals surface area contributed by atoms with E-state index in [0.717, 1.165) is 5.56 Å². The van der Waals surface area contributed by atoms with E-state index in [-0.39, 0.29) is 13.2 Å². The fourth-order valence-corrected chi connectivity index (χ4v) is 2.76. The number of carbonyl (C=O) groups is 3. The van der Waals surface area contributed by atoms with E-state index in [4.69, 9.17) is 14.2 Å². The average molecular weight is 459 g/mol. The van der Waals surface area contributed by atoms with Crippen LogP contribution in [0.15, 0.2) is 54.9 Å². The molecule has 2 amide bonds. The minimum atomic E-state index is -1.20. The number of ether oxygens (including phenoxy) is 3. The molecule has 2 aromatic rings. The van der Waals surface area contributed by atoms with E-state index in [9.17, 15) is 14.4 Å². The number of pyridine rings is 1. The maximum absolute atomic E-state index is 12.7. The lowest BCUT2D eigenvalue weighted by atomic mass is 10.0. The number of benzene rings is 1. The van der Waals surface area contributed by atoms with Crippen LogP contribution in [0.3, 0.4) is 0 Å². The molecule has 1 aromatic carbocycles. The number of nitrogens with one attached hydrogen (secondary N) is 3. The van der Waals surface area contributed by atoms with Crippen LogP contribution in [0.25, 0.3) is 0 Å². The Kier molecular flexibility index (Phi) is 9.62. The Labute approximate surface area is 193 Å². The molecule has 0 saturated heterocycles. The number of esters is 1. The second-order valence-electron chi connectivity index (χ2n) is 7.97. The molecule has 0 spiro atoms. The number of aromatic nitrogens is 1. The molecule has 0 aliphatic rings. The standard InChI is InChI=1S/C23H30N4O6/c1-5-31-20(28)19(26-27-22(30)32-15-16-10-7-6-8-11-16)18(17-12-9-13-24-14-17)25-21(29)33-23(2,3)4/h6-14,18-19,26H,5,15H2,1-4H3,(H,25,29)(H,27,30). The Hall–Kier alpha value is -3.66. The van der Waals surface area contributed by atoms with Crippen molar-refractivity contribution in [2.24, 2.45) is 0 Å². The third-order valence-corrected chi connectivity index (χ3v) is 4.13. The molecule has 10 nitrogen and oxygen atoms in total. The molecule has 2 atom stereocenters. The van der Waals surface area contributed by atoms with E-state index in [0.29, 0.717) is 5.56 Å². The summed E-state index contributed by atoms with van der Waals surface area (Å²) in [5.74, 6) is -0.703. The van der Waals surface area contributed by atoms with Gasteiger partial charge >= 0.3 is 18.2 Å². The molecule has 2 rings (SSSR count). The van der Waals surface area contributed by atoms with Crippen LogP contribution in [0.5, 0.6) is 0 Å². The highest BCUT2D eigenvalue weighted by Crippen LogP contribution is 2.19. The number of amides is 2. The van der Waals surface area contributed by atoms with E-state index in [1.54, 1.807) is 46.0 Å². The lowest BCUT2D eigenvalue weighted by Gasteiger charge is -2.29. The summed E-state index contributed by atoms with van der Waals surface area (Å²) in [5, 5.41) is 2.65. The van der Waals surface area contributed by atoms with Crippen LogP contribution in [0.1, 0.15) is 44.9 Å². The van der Waals surface area contributed by atoms with Gasteiger partial charge in [0, 0.05) is 12.4 Å². The predicted octanol–water partition coefficient (Wildman–Crippen LogP) is 3.01. The van der Waals surface area contributed by atoms with Gasteiger partial charge < -0.3 is 19.5 Å². The highest BCUT2D eigenvalue weighted by molar-refractivity contribution is 5.79. The first-order valence-electron chi connectivity index (χ1n) is 10.5. The summed E-state index contributed by atoms with van der Waals surface area (Å²) >= 11 is 0. The Balaban J connectivity index is 2.15. The monoisotopic (exact) mass is 458 g/mol. The van der Waals surface area contributed by atoms with Gasteiger partial charge in [-0.05, 0) is 44.9 Å². The van der Waals surface area contributed by atoms with Crippen LogP contribution >= 0.6 is 0 Å². The summed E-state index contributed by atoms with van der Waals surface area (Å²) in [5.41, 5.74) is 5.49. The first-order chi connectivity index (χ1) is 15.7. The van der Waals surface area contributed by atoms with Gasteiger partial charge in [-0.3, -0.25) is 15.2 Å². The van der Waals surface area contributed by atoms with E-state index in [2.05, 4.69) is 21.2 Å². The van der Waals surface area contributed by atoms with E-state index >= 15 is 0 Å². The summed E-state index contributed by atoms with van der Waals surface area (Å²) in [6, 6.07) is 10.3. The van der Waals surface area contributed by atoms with Crippen molar-refractivity contribution < 1.29 is 28.6 Å². The Morgan fingerprint density at radius 1 is 1.00 bits per heavy atom. The molecule has 0 saturated carbocycles. The van der Waals surface area contributed by atoms with Crippen molar-refractivity contribution in [3.05, 3.63) is 66.0 Å². The highest BCUT2D eigenvalue weighted by atomic mass is 16.6. The van der Waals surface area contributed by atoms with Gasteiger partial charge in [0.05, 0.1) is 12.6 Å². The van der Waals surface area contributed by atoms with Gasteiger partial charge in [0.2, 0.25) is 0 Å². The number of nitrogens with zero attached hydrogens (tertiary/aromatic N) is 1. The normalized spacial score (nSPS) is 12.7. The third-order valence-electron chi connectivity index (χ3n) is 4.13. The molecule has 0 aliphatic heterocycles. The molecule has 3 N–H and O–H groups in total. The number of carbonyl (C=O) groups excluding carboxylic acids is 3. The first-order valence-corrected chi connectivity index (χ1v) is 10.5. The second kappa shape index (κ2) is 12.4. The molecular weight excluding hydrogens is 428 g/mol. The van der Waals surface area contributed by atoms with E-state index in [1.165, 1.54) is 6.20 Å². The van der Waals surface area contributed by atoms with E-state index < -0.39 is 35.8 Å². The number of alkyl carbamates (subject to hydrolysis) is 1. The van der Waals surface area contributed by atoms with Crippen LogP contribution in [0, 0.1) is 0 Å². The summed E-state index contributed by atoms with van der Waals surface area (Å²) < 4.78 is 15.6. The predicted molar refractivity (Wildman–Crippen MR) is 120 cm³/mol. The quantitative estimate of drug-likeness (QED) is 0.297. The molecule has 1 heterocycles.